The number of ether oxygens (including phenoxy) is 3. The number of aliphatic hydroxyl groups excluding tert-OH is 1. The van der Waals surface area contributed by atoms with Crippen LogP contribution in [0.3, 0.4) is 0 Å². The third-order valence-corrected chi connectivity index (χ3v) is 6.47. The second kappa shape index (κ2) is 14.9. The van der Waals surface area contributed by atoms with Crippen molar-refractivity contribution in [3.63, 3.8) is 0 Å². The highest BCUT2D eigenvalue weighted by molar-refractivity contribution is 6.30. The molecule has 0 saturated carbocycles. The number of nitrogens with zero attached hydrogens (tertiary/aromatic N) is 1. The molecule has 0 fully saturated rings. The molecule has 10 nitrogen and oxygen atoms in total. The van der Waals surface area contributed by atoms with Crippen LogP contribution < -0.4 is 5.32 Å². The summed E-state index contributed by atoms with van der Waals surface area (Å²) in [6.07, 6.45) is -2.75. The van der Waals surface area contributed by atoms with Crippen LogP contribution in [-0.4, -0.2) is 53.8 Å². The summed E-state index contributed by atoms with van der Waals surface area (Å²) in [6, 6.07) is 21.2. The van der Waals surface area contributed by atoms with Gasteiger partial charge in [0, 0.05) is 29.1 Å². The average Bonchev–Trinajstić information content (AvgIpc) is 3.48. The van der Waals surface area contributed by atoms with E-state index in [1.54, 1.807) is 19.1 Å². The van der Waals surface area contributed by atoms with Gasteiger partial charge in [-0.25, -0.2) is 14.0 Å². The van der Waals surface area contributed by atoms with E-state index < -0.39 is 42.8 Å². The lowest BCUT2D eigenvalue weighted by molar-refractivity contribution is -0.163. The van der Waals surface area contributed by atoms with E-state index in [0.717, 1.165) is 16.7 Å². The monoisotopic (exact) mass is 610 g/mol. The summed E-state index contributed by atoms with van der Waals surface area (Å²) in [6.45, 7) is 0.896. The molecule has 4 aromatic rings. The van der Waals surface area contributed by atoms with E-state index in [1.165, 1.54) is 24.3 Å². The number of aromatic nitrogens is 1. The molecule has 0 saturated heterocycles. The molecule has 0 bridgehead atoms. The lowest BCUT2D eigenvalue weighted by atomic mass is 9.97. The second-order valence-electron chi connectivity index (χ2n) is 9.30. The molecule has 4 rings (SSSR count). The van der Waals surface area contributed by atoms with Gasteiger partial charge < -0.3 is 29.2 Å². The Bertz CT molecular complexity index is 1560. The minimum absolute atomic E-state index is 0.0732. The fraction of sp³-hybridized carbons (Fsp3) is 0.226. The van der Waals surface area contributed by atoms with E-state index in [1.807, 2.05) is 42.5 Å². The van der Waals surface area contributed by atoms with Crippen molar-refractivity contribution in [1.29, 1.82) is 0 Å². The Morgan fingerprint density at radius 2 is 1.74 bits per heavy atom. The predicted octanol–water partition coefficient (Wildman–Crippen LogP) is 5.57. The summed E-state index contributed by atoms with van der Waals surface area (Å²) >= 11 is 6.11. The lowest BCUT2D eigenvalue weighted by Crippen LogP contribution is -2.41. The van der Waals surface area contributed by atoms with Crippen LogP contribution in [0.15, 0.2) is 83.4 Å². The van der Waals surface area contributed by atoms with Crippen molar-refractivity contribution in [1.82, 2.24) is 10.5 Å². The first kappa shape index (κ1) is 31.2. The molecule has 2 N–H and O–H groups in total. The Morgan fingerprint density at radius 3 is 2.47 bits per heavy atom. The highest BCUT2D eigenvalue weighted by Crippen LogP contribution is 2.25. The van der Waals surface area contributed by atoms with Crippen LogP contribution in [-0.2, 0) is 25.4 Å². The van der Waals surface area contributed by atoms with E-state index in [-0.39, 0.29) is 36.5 Å². The number of aliphatic hydroxyl groups is 1. The standard InChI is InChI=1S/C31H28ClFN2O8/c1-2-40-31(39)42-18-41-30(38)27(36)16-23(14-19-10-12-20(13-11-19)21-6-5-7-22(32)15-21)34-29(37)28-17-26(35-43-28)24-8-3-4-9-25(24)33/h3-13,15,17,23,27,36H,2,14,16,18H2,1H3,(H,34,37). The third kappa shape index (κ3) is 8.87. The molecule has 1 amide bonds. The van der Waals surface area contributed by atoms with Crippen molar-refractivity contribution >= 4 is 29.6 Å². The van der Waals surface area contributed by atoms with Gasteiger partial charge in [0.15, 0.2) is 6.10 Å². The number of benzene rings is 3. The smallest absolute Gasteiger partial charge is 0.435 e. The molecular weight excluding hydrogens is 583 g/mol. The number of rotatable bonds is 12. The summed E-state index contributed by atoms with van der Waals surface area (Å²) in [4.78, 5) is 36.7. The van der Waals surface area contributed by atoms with Gasteiger partial charge >= 0.3 is 12.1 Å². The van der Waals surface area contributed by atoms with Gasteiger partial charge in [0.25, 0.3) is 5.91 Å². The van der Waals surface area contributed by atoms with E-state index >= 15 is 0 Å². The highest BCUT2D eigenvalue weighted by Gasteiger charge is 2.26. The normalized spacial score (nSPS) is 12.2. The Balaban J connectivity index is 1.47. The molecular formula is C31H28ClFN2O8. The molecule has 0 radical (unpaired) electrons. The summed E-state index contributed by atoms with van der Waals surface area (Å²) in [5.41, 5.74) is 2.90. The van der Waals surface area contributed by atoms with Crippen LogP contribution in [0.5, 0.6) is 0 Å². The number of amides is 1. The molecule has 0 aliphatic rings. The first-order valence-electron chi connectivity index (χ1n) is 13.2. The van der Waals surface area contributed by atoms with Crippen molar-refractivity contribution < 1.29 is 42.6 Å². The van der Waals surface area contributed by atoms with Gasteiger partial charge in [0.05, 0.1) is 6.61 Å². The number of esters is 1. The van der Waals surface area contributed by atoms with Gasteiger partial charge in [-0.1, -0.05) is 65.3 Å². The fourth-order valence-corrected chi connectivity index (χ4v) is 4.36. The summed E-state index contributed by atoms with van der Waals surface area (Å²) < 4.78 is 33.3. The topological polar surface area (TPSA) is 137 Å². The molecule has 43 heavy (non-hydrogen) atoms. The summed E-state index contributed by atoms with van der Waals surface area (Å²) in [5, 5.41) is 17.7. The molecule has 2 atom stereocenters. The minimum atomic E-state index is -1.68. The van der Waals surface area contributed by atoms with Crippen molar-refractivity contribution in [2.24, 2.45) is 0 Å². The minimum Gasteiger partial charge on any atom is -0.435 e. The first-order chi connectivity index (χ1) is 20.7. The quantitative estimate of drug-likeness (QED) is 0.156. The van der Waals surface area contributed by atoms with E-state index in [2.05, 4.69) is 19.9 Å². The maximum Gasteiger partial charge on any atom is 0.511 e. The zero-order chi connectivity index (χ0) is 30.8. The van der Waals surface area contributed by atoms with Gasteiger partial charge in [-0.2, -0.15) is 0 Å². The lowest BCUT2D eigenvalue weighted by Gasteiger charge is -2.21. The van der Waals surface area contributed by atoms with Gasteiger partial charge in [-0.05, 0) is 54.3 Å². The molecule has 0 spiro atoms. The molecule has 0 aliphatic heterocycles. The number of carbonyl (C=O) groups excluding carboxylic acids is 3. The van der Waals surface area contributed by atoms with Crippen LogP contribution in [0.4, 0.5) is 9.18 Å². The van der Waals surface area contributed by atoms with Gasteiger partial charge in [0.2, 0.25) is 12.6 Å². The second-order valence-corrected chi connectivity index (χ2v) is 9.73. The highest BCUT2D eigenvalue weighted by atomic mass is 35.5. The largest absolute Gasteiger partial charge is 0.511 e. The van der Waals surface area contributed by atoms with Crippen molar-refractivity contribution in [3.05, 3.63) is 101 Å². The van der Waals surface area contributed by atoms with Crippen LogP contribution in [0.1, 0.15) is 29.5 Å². The van der Waals surface area contributed by atoms with E-state index in [0.29, 0.717) is 5.02 Å². The average molecular weight is 611 g/mol. The first-order valence-corrected chi connectivity index (χ1v) is 13.6. The van der Waals surface area contributed by atoms with Crippen LogP contribution in [0, 0.1) is 5.82 Å². The summed E-state index contributed by atoms with van der Waals surface area (Å²) in [7, 11) is 0. The number of halogens is 2. The van der Waals surface area contributed by atoms with E-state index in [9.17, 15) is 23.9 Å². The Kier molecular flexibility index (Phi) is 10.8. The Labute approximate surface area is 251 Å². The number of hydrogen-bond donors (Lipinski definition) is 2. The predicted molar refractivity (Wildman–Crippen MR) is 153 cm³/mol. The zero-order valence-corrected chi connectivity index (χ0v) is 23.8. The van der Waals surface area contributed by atoms with Crippen molar-refractivity contribution in [3.8, 4) is 22.4 Å². The molecule has 2 unspecified atom stereocenters. The molecule has 0 aliphatic carbocycles. The zero-order valence-electron chi connectivity index (χ0n) is 23.0. The van der Waals surface area contributed by atoms with E-state index in [4.69, 9.17) is 20.9 Å². The Morgan fingerprint density at radius 1 is 0.977 bits per heavy atom. The van der Waals surface area contributed by atoms with Gasteiger partial charge in [0.1, 0.15) is 11.5 Å². The van der Waals surface area contributed by atoms with Gasteiger partial charge in [-0.3, -0.25) is 4.79 Å². The molecule has 1 heterocycles. The summed E-state index contributed by atoms with van der Waals surface area (Å²) in [5.74, 6) is -2.49. The SMILES string of the molecule is CCOC(=O)OCOC(=O)C(O)CC(Cc1ccc(-c2cccc(Cl)c2)cc1)NC(=O)c1cc(-c2ccccc2F)no1. The van der Waals surface area contributed by atoms with Crippen LogP contribution >= 0.6 is 11.6 Å². The fourth-order valence-electron chi connectivity index (χ4n) is 4.17. The van der Waals surface area contributed by atoms with Gasteiger partial charge in [-0.15, -0.1) is 0 Å². The van der Waals surface area contributed by atoms with Crippen molar-refractivity contribution in [2.75, 3.05) is 13.4 Å². The number of carbonyl (C=O) groups is 3. The Hall–Kier alpha value is -4.74. The van der Waals surface area contributed by atoms with Crippen molar-refractivity contribution in [2.45, 2.75) is 31.9 Å². The van der Waals surface area contributed by atoms with Crippen LogP contribution in [0.25, 0.3) is 22.4 Å². The maximum absolute atomic E-state index is 14.2. The molecule has 12 heteroatoms. The maximum atomic E-state index is 14.2. The molecule has 3 aromatic carbocycles. The third-order valence-electron chi connectivity index (χ3n) is 6.23. The molecule has 1 aromatic heterocycles. The van der Waals surface area contributed by atoms with Crippen LogP contribution in [0.2, 0.25) is 5.02 Å². The number of hydrogen-bond acceptors (Lipinski definition) is 9. The molecule has 224 valence electrons. The number of nitrogens with one attached hydrogen (secondary N) is 1.